The summed E-state index contributed by atoms with van der Waals surface area (Å²) in [5.74, 6) is 0. The third kappa shape index (κ3) is 4.02. The van der Waals surface area contributed by atoms with Gasteiger partial charge in [-0.15, -0.1) is 0 Å². The maximum absolute atomic E-state index is 12.4. The molecule has 1 aromatic carbocycles. The van der Waals surface area contributed by atoms with Gasteiger partial charge >= 0.3 is 0 Å². The van der Waals surface area contributed by atoms with E-state index in [4.69, 9.17) is 10.5 Å². The molecule has 0 aliphatic heterocycles. The Morgan fingerprint density at radius 3 is 2.50 bits per heavy atom. The Hall–Kier alpha value is -0.950. The van der Waals surface area contributed by atoms with Crippen LogP contribution in [0.2, 0.25) is 0 Å². The first-order chi connectivity index (χ1) is 9.47. The van der Waals surface area contributed by atoms with Crippen LogP contribution in [0.4, 0.5) is 0 Å². The topological polar surface area (TPSA) is 72.6 Å². The zero-order valence-electron chi connectivity index (χ0n) is 12.4. The van der Waals surface area contributed by atoms with Crippen LogP contribution in [-0.4, -0.2) is 39.5 Å². The van der Waals surface area contributed by atoms with Gasteiger partial charge in [-0.3, -0.25) is 0 Å². The van der Waals surface area contributed by atoms with Gasteiger partial charge in [-0.1, -0.05) is 13.0 Å². The molecule has 0 fully saturated rings. The second kappa shape index (κ2) is 7.73. The molecule has 2 N–H and O–H groups in total. The molecule has 0 spiro atoms. The molecule has 0 atom stereocenters. The highest BCUT2D eigenvalue weighted by molar-refractivity contribution is 7.89. The molecule has 0 saturated carbocycles. The molecule has 0 heterocycles. The number of aryl methyl sites for hydroxylation is 1. The van der Waals surface area contributed by atoms with Crippen LogP contribution in [0.5, 0.6) is 0 Å². The quantitative estimate of drug-likeness (QED) is 0.736. The molecule has 0 radical (unpaired) electrons. The first-order valence-corrected chi connectivity index (χ1v) is 8.27. The van der Waals surface area contributed by atoms with Gasteiger partial charge in [0.1, 0.15) is 0 Å². The van der Waals surface area contributed by atoms with E-state index in [2.05, 4.69) is 0 Å². The summed E-state index contributed by atoms with van der Waals surface area (Å²) < 4.78 is 31.3. The number of ether oxygens (including phenoxy) is 1. The van der Waals surface area contributed by atoms with Gasteiger partial charge in [0.2, 0.25) is 10.0 Å². The maximum atomic E-state index is 12.4. The minimum absolute atomic E-state index is 0.286. The molecule has 6 heteroatoms. The predicted molar refractivity (Wildman–Crippen MR) is 80.0 cm³/mol. The van der Waals surface area contributed by atoms with Crippen LogP contribution in [0.15, 0.2) is 23.1 Å². The van der Waals surface area contributed by atoms with Gasteiger partial charge < -0.3 is 10.5 Å². The number of likely N-dealkylation sites (N-methyl/N-ethyl adjacent to an activating group) is 1. The van der Waals surface area contributed by atoms with E-state index >= 15 is 0 Å². The van der Waals surface area contributed by atoms with Crippen LogP contribution in [0.1, 0.15) is 25.0 Å². The highest BCUT2D eigenvalue weighted by Gasteiger charge is 2.21. The fraction of sp³-hybridized carbons (Fsp3) is 0.571. The van der Waals surface area contributed by atoms with E-state index in [1.165, 1.54) is 4.31 Å². The maximum Gasteiger partial charge on any atom is 0.242 e. The molecule has 0 aliphatic rings. The van der Waals surface area contributed by atoms with Gasteiger partial charge in [-0.2, -0.15) is 4.31 Å². The molecular formula is C14H24N2O3S. The van der Waals surface area contributed by atoms with Crippen molar-refractivity contribution >= 4 is 10.0 Å². The zero-order chi connectivity index (χ0) is 15.2. The van der Waals surface area contributed by atoms with Crippen molar-refractivity contribution in [2.24, 2.45) is 5.73 Å². The first kappa shape index (κ1) is 17.1. The third-order valence-electron chi connectivity index (χ3n) is 3.24. The van der Waals surface area contributed by atoms with E-state index in [1.54, 1.807) is 19.2 Å². The molecule has 0 unspecified atom stereocenters. The van der Waals surface area contributed by atoms with Gasteiger partial charge in [0.05, 0.1) is 11.5 Å². The molecule has 1 rings (SSSR count). The van der Waals surface area contributed by atoms with Crippen molar-refractivity contribution in [3.63, 3.8) is 0 Å². The van der Waals surface area contributed by atoms with E-state index in [1.807, 2.05) is 19.9 Å². The number of sulfonamides is 1. The van der Waals surface area contributed by atoms with Crippen LogP contribution in [0.25, 0.3) is 0 Å². The number of benzene rings is 1. The average molecular weight is 300 g/mol. The summed E-state index contributed by atoms with van der Waals surface area (Å²) in [5.41, 5.74) is 7.65. The van der Waals surface area contributed by atoms with Crippen molar-refractivity contribution < 1.29 is 13.2 Å². The molecule has 20 heavy (non-hydrogen) atoms. The molecule has 0 saturated heterocycles. The third-order valence-corrected chi connectivity index (χ3v) is 5.09. The molecule has 0 amide bonds. The molecule has 1 aromatic rings. The lowest BCUT2D eigenvalue weighted by molar-refractivity contribution is 0.138. The number of nitrogens with zero attached hydrogens (tertiary/aromatic N) is 1. The molecule has 0 aliphatic carbocycles. The van der Waals surface area contributed by atoms with Crippen LogP contribution in [-0.2, 0) is 27.7 Å². The molecule has 114 valence electrons. The number of hydrogen-bond donors (Lipinski definition) is 1. The fourth-order valence-corrected chi connectivity index (χ4v) is 3.14. The number of nitrogens with two attached hydrogens (primary N) is 1. The lowest BCUT2D eigenvalue weighted by Crippen LogP contribution is -2.30. The van der Waals surface area contributed by atoms with Crippen LogP contribution >= 0.6 is 0 Å². The van der Waals surface area contributed by atoms with E-state index in [0.29, 0.717) is 26.3 Å². The van der Waals surface area contributed by atoms with E-state index in [9.17, 15) is 8.42 Å². The van der Waals surface area contributed by atoms with Crippen molar-refractivity contribution in [2.45, 2.75) is 31.7 Å². The summed E-state index contributed by atoms with van der Waals surface area (Å²) in [6, 6.07) is 5.15. The molecule has 0 bridgehead atoms. The molecular weight excluding hydrogens is 276 g/mol. The van der Waals surface area contributed by atoms with Crippen LogP contribution in [0.3, 0.4) is 0 Å². The smallest absolute Gasteiger partial charge is 0.242 e. The largest absolute Gasteiger partial charge is 0.380 e. The Balaban J connectivity index is 2.97. The Labute approximate surface area is 121 Å². The van der Waals surface area contributed by atoms with Gasteiger partial charge in [0, 0.05) is 26.7 Å². The monoisotopic (exact) mass is 300 g/mol. The summed E-state index contributed by atoms with van der Waals surface area (Å²) in [6.45, 7) is 5.56. The number of rotatable bonds is 8. The van der Waals surface area contributed by atoms with Crippen LogP contribution in [0, 0.1) is 0 Å². The predicted octanol–water partition coefficient (Wildman–Crippen LogP) is 1.36. The van der Waals surface area contributed by atoms with Gasteiger partial charge in [0.25, 0.3) is 0 Å². The van der Waals surface area contributed by atoms with Crippen molar-refractivity contribution in [3.05, 3.63) is 29.3 Å². The summed E-state index contributed by atoms with van der Waals surface area (Å²) >= 11 is 0. The summed E-state index contributed by atoms with van der Waals surface area (Å²) in [5, 5.41) is 0. The van der Waals surface area contributed by atoms with E-state index < -0.39 is 10.0 Å². The highest BCUT2D eigenvalue weighted by Crippen LogP contribution is 2.19. The Bertz CT molecular complexity index is 529. The average Bonchev–Trinajstić information content (AvgIpc) is 2.46. The Morgan fingerprint density at radius 1 is 1.25 bits per heavy atom. The summed E-state index contributed by atoms with van der Waals surface area (Å²) in [7, 11) is -1.92. The normalized spacial score (nSPS) is 12.1. The summed E-state index contributed by atoms with van der Waals surface area (Å²) in [4.78, 5) is 0.286. The standard InChI is InChI=1S/C14H24N2O3S/c1-4-12-6-7-14(10-13(12)11-15)20(17,18)16(3)8-9-19-5-2/h6-7,10H,4-5,8-9,11,15H2,1-3H3. The highest BCUT2D eigenvalue weighted by atomic mass is 32.2. The summed E-state index contributed by atoms with van der Waals surface area (Å²) in [6.07, 6.45) is 0.840. The SMILES string of the molecule is CCOCCN(C)S(=O)(=O)c1ccc(CC)c(CN)c1. The van der Waals surface area contributed by atoms with Gasteiger partial charge in [-0.05, 0) is 36.6 Å². The molecule has 5 nitrogen and oxygen atoms in total. The Kier molecular flexibility index (Phi) is 6.61. The lowest BCUT2D eigenvalue weighted by Gasteiger charge is -2.18. The van der Waals surface area contributed by atoms with Crippen molar-refractivity contribution in [2.75, 3.05) is 26.8 Å². The second-order valence-electron chi connectivity index (χ2n) is 4.51. The van der Waals surface area contributed by atoms with Gasteiger partial charge in [-0.25, -0.2) is 8.42 Å². The van der Waals surface area contributed by atoms with Crippen LogP contribution < -0.4 is 5.73 Å². The van der Waals surface area contributed by atoms with Gasteiger partial charge in [0.15, 0.2) is 0 Å². The van der Waals surface area contributed by atoms with Crippen molar-refractivity contribution in [3.8, 4) is 0 Å². The molecule has 0 aromatic heterocycles. The number of hydrogen-bond acceptors (Lipinski definition) is 4. The van der Waals surface area contributed by atoms with E-state index in [-0.39, 0.29) is 4.90 Å². The second-order valence-corrected chi connectivity index (χ2v) is 6.56. The fourth-order valence-electron chi connectivity index (χ4n) is 1.94. The minimum atomic E-state index is -3.48. The lowest BCUT2D eigenvalue weighted by atomic mass is 10.1. The Morgan fingerprint density at radius 2 is 1.95 bits per heavy atom. The van der Waals surface area contributed by atoms with Crippen molar-refractivity contribution in [1.29, 1.82) is 0 Å². The first-order valence-electron chi connectivity index (χ1n) is 6.83. The minimum Gasteiger partial charge on any atom is -0.380 e. The van der Waals surface area contributed by atoms with E-state index in [0.717, 1.165) is 17.5 Å². The van der Waals surface area contributed by atoms with Crippen molar-refractivity contribution in [1.82, 2.24) is 4.31 Å². The zero-order valence-corrected chi connectivity index (χ0v) is 13.2.